The van der Waals surface area contributed by atoms with E-state index in [-0.39, 0.29) is 17.6 Å². The average molecular weight is 373 g/mol. The first kappa shape index (κ1) is 20.4. The molecule has 0 fully saturated rings. The second-order valence-electron chi connectivity index (χ2n) is 6.55. The number of carboxylic acids is 1. The summed E-state index contributed by atoms with van der Waals surface area (Å²) in [6.07, 6.45) is 1.09. The zero-order valence-electron chi connectivity index (χ0n) is 15.5. The fraction of sp³-hybridized carbons (Fsp3) is 0.333. The van der Waals surface area contributed by atoms with E-state index >= 15 is 0 Å². The minimum Gasteiger partial charge on any atom is -0.482 e. The summed E-state index contributed by atoms with van der Waals surface area (Å²) in [7, 11) is 1.73. The first-order valence-electron chi connectivity index (χ1n) is 8.78. The van der Waals surface area contributed by atoms with E-state index < -0.39 is 12.6 Å². The van der Waals surface area contributed by atoms with Crippen molar-refractivity contribution in [1.82, 2.24) is 4.90 Å². The van der Waals surface area contributed by atoms with Crippen LogP contribution in [-0.4, -0.2) is 35.5 Å². The van der Waals surface area contributed by atoms with Gasteiger partial charge in [-0.25, -0.2) is 9.18 Å². The van der Waals surface area contributed by atoms with Crippen molar-refractivity contribution >= 4 is 11.9 Å². The van der Waals surface area contributed by atoms with E-state index in [1.165, 1.54) is 6.07 Å². The Morgan fingerprint density at radius 3 is 2.44 bits per heavy atom. The molecule has 5 nitrogen and oxygen atoms in total. The van der Waals surface area contributed by atoms with Crippen molar-refractivity contribution in [2.45, 2.75) is 26.3 Å². The third-order valence-corrected chi connectivity index (χ3v) is 4.31. The molecule has 0 aliphatic heterocycles. The van der Waals surface area contributed by atoms with E-state index in [0.29, 0.717) is 30.7 Å². The molecule has 1 amide bonds. The Morgan fingerprint density at radius 2 is 1.81 bits per heavy atom. The Kier molecular flexibility index (Phi) is 7.34. The van der Waals surface area contributed by atoms with Crippen LogP contribution in [-0.2, 0) is 22.6 Å². The topological polar surface area (TPSA) is 66.8 Å². The molecule has 1 N–H and O–H groups in total. The Bertz CT molecular complexity index is 776. The maximum atomic E-state index is 13.7. The number of hydrogen-bond donors (Lipinski definition) is 1. The zero-order chi connectivity index (χ0) is 19.8. The van der Waals surface area contributed by atoms with Crippen LogP contribution in [0.4, 0.5) is 4.39 Å². The Labute approximate surface area is 158 Å². The first-order chi connectivity index (χ1) is 12.9. The molecule has 2 rings (SSSR count). The molecule has 0 heterocycles. The summed E-state index contributed by atoms with van der Waals surface area (Å²) in [5.41, 5.74) is 1.53. The van der Waals surface area contributed by atoms with Crippen LogP contribution in [0.15, 0.2) is 48.5 Å². The van der Waals surface area contributed by atoms with E-state index in [2.05, 4.69) is 0 Å². The van der Waals surface area contributed by atoms with Gasteiger partial charge in [-0.05, 0) is 42.2 Å². The fourth-order valence-electron chi connectivity index (χ4n) is 2.76. The van der Waals surface area contributed by atoms with Crippen LogP contribution in [0.3, 0.4) is 0 Å². The van der Waals surface area contributed by atoms with Gasteiger partial charge in [0.2, 0.25) is 5.91 Å². The third-order valence-electron chi connectivity index (χ3n) is 4.31. The predicted octanol–water partition coefficient (Wildman–Crippen LogP) is 3.52. The molecule has 0 radical (unpaired) electrons. The highest BCUT2D eigenvalue weighted by atomic mass is 19.1. The standard InChI is InChI=1S/C21H24FNO4/c1-15(7-10-17-5-3-4-6-19(17)22)21(26)23(2)13-16-8-11-18(12-9-16)27-14-20(24)25/h3-6,8-9,11-12,15H,7,10,13-14H2,1-2H3,(H,24,25). The summed E-state index contributed by atoms with van der Waals surface area (Å²) in [6, 6.07) is 13.6. The van der Waals surface area contributed by atoms with Gasteiger partial charge in [0.05, 0.1) is 0 Å². The molecule has 1 unspecified atom stereocenters. The first-order valence-corrected chi connectivity index (χ1v) is 8.78. The molecule has 2 aromatic rings. The summed E-state index contributed by atoms with van der Waals surface area (Å²) in [4.78, 5) is 24.7. The molecule has 2 aromatic carbocycles. The van der Waals surface area contributed by atoms with Gasteiger partial charge in [-0.2, -0.15) is 0 Å². The van der Waals surface area contributed by atoms with Gasteiger partial charge in [-0.3, -0.25) is 4.79 Å². The quantitative estimate of drug-likeness (QED) is 0.730. The number of halogens is 1. The van der Waals surface area contributed by atoms with Gasteiger partial charge in [0.1, 0.15) is 11.6 Å². The maximum absolute atomic E-state index is 13.7. The number of carbonyl (C=O) groups is 2. The average Bonchev–Trinajstić information content (AvgIpc) is 2.65. The summed E-state index contributed by atoms with van der Waals surface area (Å²) in [5.74, 6) is -1.02. The van der Waals surface area contributed by atoms with E-state index in [0.717, 1.165) is 5.56 Å². The number of aliphatic carboxylic acids is 1. The molecule has 0 bridgehead atoms. The Morgan fingerprint density at radius 1 is 1.15 bits per heavy atom. The lowest BCUT2D eigenvalue weighted by molar-refractivity contribution is -0.139. The van der Waals surface area contributed by atoms with E-state index in [1.54, 1.807) is 54.4 Å². The van der Waals surface area contributed by atoms with Crippen LogP contribution in [0.5, 0.6) is 5.75 Å². The SMILES string of the molecule is CC(CCc1ccccc1F)C(=O)N(C)Cc1ccc(OCC(=O)O)cc1. The van der Waals surface area contributed by atoms with E-state index in [1.807, 2.05) is 6.92 Å². The second-order valence-corrected chi connectivity index (χ2v) is 6.55. The van der Waals surface area contributed by atoms with Crippen molar-refractivity contribution in [2.75, 3.05) is 13.7 Å². The smallest absolute Gasteiger partial charge is 0.341 e. The molecule has 0 aliphatic rings. The molecule has 144 valence electrons. The van der Waals surface area contributed by atoms with Crippen LogP contribution in [0.2, 0.25) is 0 Å². The summed E-state index contributed by atoms with van der Waals surface area (Å²) in [6.45, 7) is 1.89. The van der Waals surface area contributed by atoms with Crippen LogP contribution in [0, 0.1) is 11.7 Å². The minimum atomic E-state index is -1.03. The highest BCUT2D eigenvalue weighted by Gasteiger charge is 2.18. The normalized spacial score (nSPS) is 11.7. The van der Waals surface area contributed by atoms with Crippen molar-refractivity contribution in [2.24, 2.45) is 5.92 Å². The largest absolute Gasteiger partial charge is 0.482 e. The number of ether oxygens (including phenoxy) is 1. The van der Waals surface area contributed by atoms with Gasteiger partial charge >= 0.3 is 5.97 Å². The number of benzene rings is 2. The van der Waals surface area contributed by atoms with Crippen LogP contribution < -0.4 is 4.74 Å². The lowest BCUT2D eigenvalue weighted by atomic mass is 9.99. The van der Waals surface area contributed by atoms with Crippen molar-refractivity contribution in [3.8, 4) is 5.75 Å². The van der Waals surface area contributed by atoms with E-state index in [9.17, 15) is 14.0 Å². The van der Waals surface area contributed by atoms with Gasteiger partial charge < -0.3 is 14.7 Å². The number of nitrogens with zero attached hydrogens (tertiary/aromatic N) is 1. The fourth-order valence-corrected chi connectivity index (χ4v) is 2.76. The van der Waals surface area contributed by atoms with Crippen LogP contribution in [0.25, 0.3) is 0 Å². The lowest BCUT2D eigenvalue weighted by Gasteiger charge is -2.22. The van der Waals surface area contributed by atoms with E-state index in [4.69, 9.17) is 9.84 Å². The minimum absolute atomic E-state index is 0.00227. The number of aryl methyl sites for hydroxylation is 1. The van der Waals surface area contributed by atoms with Gasteiger partial charge in [-0.15, -0.1) is 0 Å². The van der Waals surface area contributed by atoms with Crippen LogP contribution in [0.1, 0.15) is 24.5 Å². The molecule has 1 atom stereocenters. The van der Waals surface area contributed by atoms with Gasteiger partial charge in [0, 0.05) is 19.5 Å². The van der Waals surface area contributed by atoms with Crippen LogP contribution >= 0.6 is 0 Å². The van der Waals surface area contributed by atoms with Gasteiger partial charge in [-0.1, -0.05) is 37.3 Å². The van der Waals surface area contributed by atoms with Crippen molar-refractivity contribution in [1.29, 1.82) is 0 Å². The summed E-state index contributed by atoms with van der Waals surface area (Å²) < 4.78 is 18.8. The molecular formula is C21H24FNO4. The molecule has 0 saturated carbocycles. The second kappa shape index (κ2) is 9.71. The van der Waals surface area contributed by atoms with Crippen molar-refractivity contribution in [3.63, 3.8) is 0 Å². The molecular weight excluding hydrogens is 349 g/mol. The molecule has 0 aliphatic carbocycles. The highest BCUT2D eigenvalue weighted by Crippen LogP contribution is 2.17. The zero-order valence-corrected chi connectivity index (χ0v) is 15.5. The number of carbonyl (C=O) groups excluding carboxylic acids is 1. The monoisotopic (exact) mass is 373 g/mol. The number of hydrogen-bond acceptors (Lipinski definition) is 3. The maximum Gasteiger partial charge on any atom is 0.341 e. The highest BCUT2D eigenvalue weighted by molar-refractivity contribution is 5.78. The van der Waals surface area contributed by atoms with Gasteiger partial charge in [0.15, 0.2) is 6.61 Å². The molecule has 27 heavy (non-hydrogen) atoms. The molecule has 0 aromatic heterocycles. The number of rotatable bonds is 9. The number of amides is 1. The lowest BCUT2D eigenvalue weighted by Crippen LogP contribution is -2.31. The molecule has 6 heteroatoms. The summed E-state index contributed by atoms with van der Waals surface area (Å²) in [5, 5.41) is 8.60. The van der Waals surface area contributed by atoms with Crippen molar-refractivity contribution < 1.29 is 23.8 Å². The number of carboxylic acid groups (broad SMARTS) is 1. The Hall–Kier alpha value is -2.89. The van der Waals surface area contributed by atoms with Gasteiger partial charge in [0.25, 0.3) is 0 Å². The summed E-state index contributed by atoms with van der Waals surface area (Å²) >= 11 is 0. The molecule has 0 spiro atoms. The Balaban J connectivity index is 1.85. The van der Waals surface area contributed by atoms with Crippen molar-refractivity contribution in [3.05, 3.63) is 65.5 Å². The molecule has 0 saturated heterocycles. The third kappa shape index (κ3) is 6.40. The predicted molar refractivity (Wildman–Crippen MR) is 99.9 cm³/mol.